The Balaban J connectivity index is 0.000000144. The second kappa shape index (κ2) is 9.30. The number of nitrogens with one attached hydrogen (secondary N) is 1. The quantitative estimate of drug-likeness (QED) is 0.298. The molecule has 0 saturated heterocycles. The van der Waals surface area contributed by atoms with Gasteiger partial charge in [0.2, 0.25) is 0 Å². The number of fused-ring (bicyclic) bond motifs is 4. The first-order valence-corrected chi connectivity index (χ1v) is 11.5. The molecule has 2 N–H and O–H groups in total. The maximum absolute atomic E-state index is 10.8. The summed E-state index contributed by atoms with van der Waals surface area (Å²) in [6.07, 6.45) is 0.132. The van der Waals surface area contributed by atoms with Crippen molar-refractivity contribution < 1.29 is 14.6 Å². The zero-order chi connectivity index (χ0) is 22.6. The minimum absolute atomic E-state index is 0.132. The highest BCUT2D eigenvalue weighted by atomic mass is 32.2. The number of carboxylic acid groups (broad SMARTS) is 1. The molecule has 0 atom stereocenters. The largest absolute Gasteiger partial charge is 0.481 e. The number of hydrogen-bond acceptors (Lipinski definition) is 5. The Labute approximate surface area is 196 Å². The summed E-state index contributed by atoms with van der Waals surface area (Å²) in [6, 6.07) is 32.1. The van der Waals surface area contributed by atoms with Crippen LogP contribution in [0.4, 0.5) is 22.7 Å². The second-order valence-corrected chi connectivity index (χ2v) is 8.64. The van der Waals surface area contributed by atoms with E-state index in [1.54, 1.807) is 11.8 Å². The lowest BCUT2D eigenvalue weighted by molar-refractivity contribution is -0.136. The van der Waals surface area contributed by atoms with E-state index in [1.807, 2.05) is 84.9 Å². The van der Waals surface area contributed by atoms with Crippen LogP contribution in [0.3, 0.4) is 0 Å². The zero-order valence-electron chi connectivity index (χ0n) is 17.8. The van der Waals surface area contributed by atoms with E-state index in [-0.39, 0.29) is 6.42 Å². The lowest BCUT2D eigenvalue weighted by atomic mass is 10.2. The molecule has 0 bridgehead atoms. The van der Waals surface area contributed by atoms with E-state index in [1.165, 1.54) is 9.79 Å². The van der Waals surface area contributed by atoms with Crippen LogP contribution in [0.5, 0.6) is 11.5 Å². The van der Waals surface area contributed by atoms with Crippen LogP contribution in [-0.4, -0.2) is 17.6 Å². The number of ether oxygens (including phenoxy) is 1. The molecule has 0 radical (unpaired) electrons. The fourth-order valence-electron chi connectivity index (χ4n) is 3.81. The molecule has 6 rings (SSSR count). The van der Waals surface area contributed by atoms with Gasteiger partial charge in [-0.25, -0.2) is 0 Å². The van der Waals surface area contributed by atoms with Crippen molar-refractivity contribution in [2.45, 2.75) is 16.2 Å². The SMILES string of the molecule is O=C(O)CCN1c2ccccc2Sc2ccccc21.c1ccc2c(c1)Nc1ccccc1O2. The molecule has 0 unspecified atom stereocenters. The van der Waals surface area contributed by atoms with E-state index in [4.69, 9.17) is 9.84 Å². The molecule has 2 aliphatic rings. The highest BCUT2D eigenvalue weighted by Crippen LogP contribution is 2.47. The summed E-state index contributed by atoms with van der Waals surface area (Å²) in [5.74, 6) is 0.991. The van der Waals surface area contributed by atoms with E-state index in [0.717, 1.165) is 34.2 Å². The molecule has 0 fully saturated rings. The number of nitrogens with zero attached hydrogens (tertiary/aromatic N) is 1. The lowest BCUT2D eigenvalue weighted by Crippen LogP contribution is -2.23. The van der Waals surface area contributed by atoms with Gasteiger partial charge in [-0.15, -0.1) is 0 Å². The molecule has 6 heteroatoms. The highest BCUT2D eigenvalue weighted by Gasteiger charge is 2.22. The van der Waals surface area contributed by atoms with Crippen LogP contribution in [0.15, 0.2) is 107 Å². The Hall–Kier alpha value is -3.90. The molecule has 0 aromatic heterocycles. The second-order valence-electron chi connectivity index (χ2n) is 7.55. The summed E-state index contributed by atoms with van der Waals surface area (Å²) < 4.78 is 5.71. The van der Waals surface area contributed by atoms with E-state index in [0.29, 0.717) is 6.54 Å². The van der Waals surface area contributed by atoms with Crippen molar-refractivity contribution in [3.8, 4) is 11.5 Å². The number of para-hydroxylation sites is 6. The molecular weight excluding hydrogens is 432 g/mol. The summed E-state index contributed by atoms with van der Waals surface area (Å²) in [4.78, 5) is 15.3. The predicted molar refractivity (Wildman–Crippen MR) is 133 cm³/mol. The molecule has 164 valence electrons. The van der Waals surface area contributed by atoms with Crippen LogP contribution in [-0.2, 0) is 4.79 Å². The molecule has 4 aromatic carbocycles. The van der Waals surface area contributed by atoms with Gasteiger partial charge in [0.25, 0.3) is 0 Å². The van der Waals surface area contributed by atoms with Crippen LogP contribution in [0.2, 0.25) is 0 Å². The molecule has 5 nitrogen and oxygen atoms in total. The molecule has 4 aromatic rings. The van der Waals surface area contributed by atoms with Crippen molar-refractivity contribution >= 4 is 40.5 Å². The van der Waals surface area contributed by atoms with E-state index >= 15 is 0 Å². The van der Waals surface area contributed by atoms with E-state index in [2.05, 4.69) is 22.3 Å². The first-order chi connectivity index (χ1) is 16.2. The fourth-order valence-corrected chi connectivity index (χ4v) is 4.91. The Morgan fingerprint density at radius 1 is 0.758 bits per heavy atom. The van der Waals surface area contributed by atoms with Crippen molar-refractivity contribution in [3.05, 3.63) is 97.1 Å². The lowest BCUT2D eigenvalue weighted by Gasteiger charge is -2.32. The number of benzene rings is 4. The zero-order valence-corrected chi connectivity index (χ0v) is 18.6. The fraction of sp³-hybridized carbons (Fsp3) is 0.0741. The number of carboxylic acids is 1. The summed E-state index contributed by atoms with van der Waals surface area (Å²) in [6.45, 7) is 0.490. The van der Waals surface area contributed by atoms with Gasteiger partial charge in [0.05, 0.1) is 29.2 Å². The third kappa shape index (κ3) is 4.52. The molecule has 0 aliphatic carbocycles. The minimum atomic E-state index is -0.770. The number of carbonyl (C=O) groups is 1. The Kier molecular flexibility index (Phi) is 5.91. The normalized spacial score (nSPS) is 12.4. The topological polar surface area (TPSA) is 61.8 Å². The standard InChI is InChI=1S/C15H13NO2S.C12H9NO/c17-15(18)9-10-16-11-5-1-3-7-13(11)19-14-8-4-2-6-12(14)16;1-3-7-11-9(5-1)13-10-6-2-4-8-12(10)14-11/h1-8H,9-10H2,(H,17,18);1-8,13H. The predicted octanol–water partition coefficient (Wildman–Crippen LogP) is 7.30. The van der Waals surface area contributed by atoms with Crippen molar-refractivity contribution in [1.82, 2.24) is 0 Å². The third-order valence-corrected chi connectivity index (χ3v) is 6.47. The highest BCUT2D eigenvalue weighted by molar-refractivity contribution is 7.99. The maximum Gasteiger partial charge on any atom is 0.305 e. The number of aliphatic carboxylic acids is 1. The Morgan fingerprint density at radius 3 is 1.79 bits per heavy atom. The first-order valence-electron chi connectivity index (χ1n) is 10.7. The van der Waals surface area contributed by atoms with Gasteiger partial charge in [0.15, 0.2) is 11.5 Å². The summed E-state index contributed by atoms with van der Waals surface area (Å²) >= 11 is 1.73. The summed E-state index contributed by atoms with van der Waals surface area (Å²) in [5.41, 5.74) is 4.22. The average molecular weight is 455 g/mol. The van der Waals surface area contributed by atoms with Crippen LogP contribution in [0.25, 0.3) is 0 Å². The summed E-state index contributed by atoms with van der Waals surface area (Å²) in [7, 11) is 0. The molecule has 2 aliphatic heterocycles. The van der Waals surface area contributed by atoms with Gasteiger partial charge in [-0.2, -0.15) is 0 Å². The van der Waals surface area contributed by atoms with Crippen molar-refractivity contribution in [1.29, 1.82) is 0 Å². The average Bonchev–Trinajstić information content (AvgIpc) is 2.85. The number of anilines is 4. The smallest absolute Gasteiger partial charge is 0.305 e. The van der Waals surface area contributed by atoms with E-state index in [9.17, 15) is 4.79 Å². The van der Waals surface area contributed by atoms with Crippen LogP contribution in [0, 0.1) is 0 Å². The number of rotatable bonds is 3. The molecule has 0 amide bonds. The summed E-state index contributed by atoms with van der Waals surface area (Å²) in [5, 5.41) is 12.2. The van der Waals surface area contributed by atoms with Gasteiger partial charge < -0.3 is 20.1 Å². The molecule has 0 spiro atoms. The van der Waals surface area contributed by atoms with Crippen LogP contribution in [0.1, 0.15) is 6.42 Å². The molecular formula is C27H22N2O3S. The third-order valence-electron chi connectivity index (χ3n) is 5.34. The maximum atomic E-state index is 10.8. The molecule has 0 saturated carbocycles. The Morgan fingerprint density at radius 2 is 1.24 bits per heavy atom. The minimum Gasteiger partial charge on any atom is -0.481 e. The van der Waals surface area contributed by atoms with Crippen LogP contribution < -0.4 is 15.0 Å². The van der Waals surface area contributed by atoms with Gasteiger partial charge in [-0.1, -0.05) is 60.3 Å². The first kappa shape index (κ1) is 21.0. The van der Waals surface area contributed by atoms with Crippen molar-refractivity contribution in [2.24, 2.45) is 0 Å². The van der Waals surface area contributed by atoms with Gasteiger partial charge in [0.1, 0.15) is 0 Å². The van der Waals surface area contributed by atoms with Gasteiger partial charge in [-0.05, 0) is 48.5 Å². The Bertz CT molecular complexity index is 1170. The molecule has 33 heavy (non-hydrogen) atoms. The van der Waals surface area contributed by atoms with Gasteiger partial charge in [-0.3, -0.25) is 4.79 Å². The van der Waals surface area contributed by atoms with Crippen molar-refractivity contribution in [3.63, 3.8) is 0 Å². The van der Waals surface area contributed by atoms with Gasteiger partial charge in [0, 0.05) is 16.3 Å². The molecule has 2 heterocycles. The van der Waals surface area contributed by atoms with Crippen molar-refractivity contribution in [2.75, 3.05) is 16.8 Å². The van der Waals surface area contributed by atoms with E-state index < -0.39 is 5.97 Å². The number of hydrogen-bond donors (Lipinski definition) is 2. The van der Waals surface area contributed by atoms with Crippen LogP contribution >= 0.6 is 11.8 Å². The monoisotopic (exact) mass is 454 g/mol. The van der Waals surface area contributed by atoms with Gasteiger partial charge >= 0.3 is 5.97 Å².